The third-order valence-electron chi connectivity index (χ3n) is 7.55. The third kappa shape index (κ3) is 7.11. The average molecular weight is 652 g/mol. The van der Waals surface area contributed by atoms with Crippen molar-refractivity contribution in [3.05, 3.63) is 82.0 Å². The van der Waals surface area contributed by atoms with Gasteiger partial charge in [0, 0.05) is 59.5 Å². The molecule has 15 heteroatoms. The van der Waals surface area contributed by atoms with Gasteiger partial charge in [0.25, 0.3) is 5.91 Å². The fraction of sp³-hybridized carbons (Fsp3) is 0.333. The molecule has 0 radical (unpaired) electrons. The Morgan fingerprint density at radius 2 is 1.76 bits per heavy atom. The van der Waals surface area contributed by atoms with Crippen molar-refractivity contribution in [3.63, 3.8) is 0 Å². The molecule has 1 aliphatic carbocycles. The van der Waals surface area contributed by atoms with Crippen molar-refractivity contribution in [2.24, 2.45) is 5.92 Å². The average Bonchev–Trinajstić information content (AvgIpc) is 3.75. The van der Waals surface area contributed by atoms with E-state index in [9.17, 15) is 27.6 Å². The summed E-state index contributed by atoms with van der Waals surface area (Å²) in [5.41, 5.74) is -2.23. The highest BCUT2D eigenvalue weighted by Gasteiger charge is 2.48. The molecule has 1 saturated carbocycles. The molecular weight excluding hydrogens is 625 g/mol. The second-order valence-electron chi connectivity index (χ2n) is 10.6. The van der Waals surface area contributed by atoms with E-state index in [2.05, 4.69) is 20.9 Å². The lowest BCUT2D eigenvalue weighted by molar-refractivity contribution is -0.136. The fourth-order valence-electron chi connectivity index (χ4n) is 5.20. The number of aromatic nitrogens is 1. The monoisotopic (exact) mass is 651 g/mol. The van der Waals surface area contributed by atoms with Crippen LogP contribution in [0.2, 0.25) is 5.02 Å². The lowest BCUT2D eigenvalue weighted by atomic mass is 9.87. The smallest absolute Gasteiger partial charge is 0.421 e. The number of anilines is 2. The van der Waals surface area contributed by atoms with Crippen molar-refractivity contribution < 1.29 is 41.1 Å². The van der Waals surface area contributed by atoms with E-state index in [0.717, 1.165) is 37.2 Å². The molecule has 0 spiro atoms. The molecular formula is C30H27ClF5N5O4. The molecule has 1 unspecified atom stereocenters. The van der Waals surface area contributed by atoms with E-state index in [-0.39, 0.29) is 17.4 Å². The van der Waals surface area contributed by atoms with Crippen LogP contribution in [-0.2, 0) is 15.8 Å². The molecule has 5 rings (SSSR count). The maximum absolute atomic E-state index is 15.3. The predicted molar refractivity (Wildman–Crippen MR) is 154 cm³/mol. The minimum absolute atomic E-state index is 0.00981. The van der Waals surface area contributed by atoms with Crippen LogP contribution in [0.3, 0.4) is 0 Å². The lowest BCUT2D eigenvalue weighted by Gasteiger charge is -2.23. The Balaban J connectivity index is 1.49. The molecule has 2 aliphatic rings. The van der Waals surface area contributed by atoms with Crippen LogP contribution in [0.5, 0.6) is 5.75 Å². The molecule has 238 valence electrons. The zero-order valence-electron chi connectivity index (χ0n) is 23.7. The van der Waals surface area contributed by atoms with E-state index in [1.807, 2.05) is 0 Å². The molecule has 1 saturated heterocycles. The number of carbonyl (C=O) groups excluding carboxylic acids is 3. The van der Waals surface area contributed by atoms with Gasteiger partial charge in [-0.05, 0) is 43.2 Å². The van der Waals surface area contributed by atoms with Gasteiger partial charge in [-0.3, -0.25) is 19.3 Å². The minimum Gasteiger partial charge on any atom is -0.497 e. The number of benzene rings is 2. The van der Waals surface area contributed by atoms with Crippen LogP contribution < -0.4 is 25.6 Å². The summed E-state index contributed by atoms with van der Waals surface area (Å²) < 4.78 is 79.0. The quantitative estimate of drug-likeness (QED) is 0.269. The fourth-order valence-corrected chi connectivity index (χ4v) is 5.33. The summed E-state index contributed by atoms with van der Waals surface area (Å²) in [6, 6.07) is 8.56. The molecule has 1 aromatic heterocycles. The zero-order valence-corrected chi connectivity index (χ0v) is 24.4. The summed E-state index contributed by atoms with van der Waals surface area (Å²) in [6.07, 6.45) is -2.45. The SMILES string of the molecule is COc1cc(F)c([C@@H]2CN(c3nccc(NCC(=O)NC4CC4)c3C(F)(F)F)C(=O)C2CNC(=O)c2ccc(Cl)cc2)c(F)c1. The molecule has 9 nitrogen and oxygen atoms in total. The van der Waals surface area contributed by atoms with Gasteiger partial charge < -0.3 is 20.7 Å². The largest absolute Gasteiger partial charge is 0.497 e. The summed E-state index contributed by atoms with van der Waals surface area (Å²) >= 11 is 5.87. The Morgan fingerprint density at radius 3 is 2.36 bits per heavy atom. The van der Waals surface area contributed by atoms with Gasteiger partial charge in [-0.25, -0.2) is 13.8 Å². The normalized spacial score (nSPS) is 18.1. The second kappa shape index (κ2) is 12.9. The Kier molecular flexibility index (Phi) is 9.14. The number of pyridine rings is 1. The van der Waals surface area contributed by atoms with Gasteiger partial charge in [0.15, 0.2) is 0 Å². The number of hydrogen-bond acceptors (Lipinski definition) is 6. The molecule has 2 aromatic carbocycles. The van der Waals surface area contributed by atoms with Crippen LogP contribution in [0.15, 0.2) is 48.7 Å². The van der Waals surface area contributed by atoms with Gasteiger partial charge >= 0.3 is 6.18 Å². The number of nitrogens with one attached hydrogen (secondary N) is 3. The van der Waals surface area contributed by atoms with E-state index in [1.165, 1.54) is 31.4 Å². The van der Waals surface area contributed by atoms with Crippen molar-refractivity contribution in [3.8, 4) is 5.75 Å². The first-order chi connectivity index (χ1) is 21.4. The Hall–Kier alpha value is -4.46. The number of hydrogen-bond donors (Lipinski definition) is 3. The van der Waals surface area contributed by atoms with Crippen LogP contribution in [0.25, 0.3) is 0 Å². The van der Waals surface area contributed by atoms with Gasteiger partial charge in [0.1, 0.15) is 28.8 Å². The molecule has 3 N–H and O–H groups in total. The van der Waals surface area contributed by atoms with Crippen LogP contribution in [-0.4, -0.2) is 55.5 Å². The van der Waals surface area contributed by atoms with Crippen molar-refractivity contribution in [2.75, 3.05) is 37.0 Å². The maximum Gasteiger partial charge on any atom is 0.421 e. The first-order valence-electron chi connectivity index (χ1n) is 13.8. The summed E-state index contributed by atoms with van der Waals surface area (Å²) in [5.74, 6) is -7.95. The molecule has 2 heterocycles. The van der Waals surface area contributed by atoms with Gasteiger partial charge in [0.05, 0.1) is 25.3 Å². The summed E-state index contributed by atoms with van der Waals surface area (Å²) in [5, 5.41) is 8.03. The highest BCUT2D eigenvalue weighted by atomic mass is 35.5. The van der Waals surface area contributed by atoms with Gasteiger partial charge in [-0.2, -0.15) is 13.2 Å². The number of carbonyl (C=O) groups is 3. The number of ether oxygens (including phenoxy) is 1. The molecule has 1 aliphatic heterocycles. The molecule has 2 fully saturated rings. The summed E-state index contributed by atoms with van der Waals surface area (Å²) in [4.78, 5) is 43.3. The number of halogens is 6. The number of methoxy groups -OCH3 is 1. The van der Waals surface area contributed by atoms with Crippen LogP contribution >= 0.6 is 11.6 Å². The second-order valence-corrected chi connectivity index (χ2v) is 11.1. The number of rotatable bonds is 10. The number of nitrogens with zero attached hydrogens (tertiary/aromatic N) is 2. The first-order valence-corrected chi connectivity index (χ1v) is 14.2. The Labute approximate surface area is 259 Å². The van der Waals surface area contributed by atoms with Crippen molar-refractivity contribution in [1.82, 2.24) is 15.6 Å². The predicted octanol–water partition coefficient (Wildman–Crippen LogP) is 4.91. The Morgan fingerprint density at radius 1 is 1.09 bits per heavy atom. The Bertz CT molecular complexity index is 1590. The molecule has 2 atom stereocenters. The topological polar surface area (TPSA) is 113 Å². The lowest BCUT2D eigenvalue weighted by Crippen LogP contribution is -2.36. The van der Waals surface area contributed by atoms with Crippen LogP contribution in [0, 0.1) is 17.6 Å². The van der Waals surface area contributed by atoms with Crippen LogP contribution in [0.1, 0.15) is 40.2 Å². The van der Waals surface area contributed by atoms with Crippen molar-refractivity contribution in [2.45, 2.75) is 31.0 Å². The maximum atomic E-state index is 15.3. The van der Waals surface area contributed by atoms with Gasteiger partial charge in [0.2, 0.25) is 11.8 Å². The van der Waals surface area contributed by atoms with Crippen molar-refractivity contribution in [1.29, 1.82) is 0 Å². The summed E-state index contributed by atoms with van der Waals surface area (Å²) in [7, 11) is 1.20. The zero-order chi connectivity index (χ0) is 32.5. The van der Waals surface area contributed by atoms with E-state index >= 15 is 8.78 Å². The highest BCUT2D eigenvalue weighted by molar-refractivity contribution is 6.30. The molecule has 45 heavy (non-hydrogen) atoms. The number of amides is 3. The molecule has 3 aromatic rings. The highest BCUT2D eigenvalue weighted by Crippen LogP contribution is 2.45. The van der Waals surface area contributed by atoms with E-state index in [1.54, 1.807) is 0 Å². The van der Waals surface area contributed by atoms with Gasteiger partial charge in [-0.15, -0.1) is 0 Å². The summed E-state index contributed by atoms with van der Waals surface area (Å²) in [6.45, 7) is -1.53. The van der Waals surface area contributed by atoms with E-state index in [0.29, 0.717) is 9.92 Å². The third-order valence-corrected chi connectivity index (χ3v) is 7.80. The van der Waals surface area contributed by atoms with Crippen molar-refractivity contribution >= 4 is 40.8 Å². The van der Waals surface area contributed by atoms with Gasteiger partial charge in [-0.1, -0.05) is 11.6 Å². The van der Waals surface area contributed by atoms with E-state index < -0.39 is 89.6 Å². The number of alkyl halides is 3. The first kappa shape index (κ1) is 31.9. The minimum atomic E-state index is -5.05. The van der Waals surface area contributed by atoms with Crippen LogP contribution in [0.4, 0.5) is 33.5 Å². The molecule has 3 amide bonds. The van der Waals surface area contributed by atoms with E-state index in [4.69, 9.17) is 16.3 Å². The standard InChI is InChI=1S/C30H27ClF5N5O4/c1-45-18-10-21(32)25(22(33)11-18)20-14-41(29(44)19(20)12-39-28(43)15-2-4-16(31)5-3-15)27-26(30(34,35)36)23(8-9-37-27)38-13-24(42)40-17-6-7-17/h2-5,8-11,17,19-20H,6-7,12-14H2,1H3,(H,37,38)(H,39,43)(H,40,42)/t19?,20-/m1/s1. The molecule has 0 bridgehead atoms.